The fraction of sp³-hybridized carbons (Fsp3) is 0.714. The Morgan fingerprint density at radius 2 is 1.86 bits per heavy atom. The molecule has 0 bridgehead atoms. The minimum atomic E-state index is -3.09. The molecular weight excluding hydrogens is 320 g/mol. The molecule has 0 spiro atoms. The minimum Gasteiger partial charge on any atom is -0.354 e. The quantitative estimate of drug-likeness (QED) is 0.611. The average Bonchev–Trinajstić information content (AvgIpc) is 2.44. The first kappa shape index (κ1) is 16.0. The van der Waals surface area contributed by atoms with Gasteiger partial charge >= 0.3 is 0 Å². The molecule has 0 amide bonds. The molecule has 0 atom stereocenters. The lowest BCUT2D eigenvalue weighted by molar-refractivity contribution is 0.385. The fourth-order valence-electron chi connectivity index (χ4n) is 2.85. The molecule has 0 radical (unpaired) electrons. The number of thioether (sulfide) groups is 1. The van der Waals surface area contributed by atoms with Gasteiger partial charge in [-0.3, -0.25) is 0 Å². The number of nitrogens with zero attached hydrogens (tertiary/aromatic N) is 4. The molecule has 6 nitrogen and oxygen atoms in total. The first-order valence-electron chi connectivity index (χ1n) is 7.60. The summed E-state index contributed by atoms with van der Waals surface area (Å²) in [5, 5.41) is 0.810. The van der Waals surface area contributed by atoms with E-state index in [0.29, 0.717) is 32.1 Å². The van der Waals surface area contributed by atoms with Gasteiger partial charge in [0.05, 0.1) is 11.9 Å². The van der Waals surface area contributed by atoms with Gasteiger partial charge in [-0.2, -0.15) is 4.31 Å². The third-order valence-corrected chi connectivity index (χ3v) is 6.30. The van der Waals surface area contributed by atoms with E-state index in [1.54, 1.807) is 11.8 Å². The largest absolute Gasteiger partial charge is 0.354 e. The van der Waals surface area contributed by atoms with Gasteiger partial charge < -0.3 is 4.90 Å². The maximum atomic E-state index is 11.6. The molecule has 1 saturated carbocycles. The number of hydrogen-bond acceptors (Lipinski definition) is 6. The summed E-state index contributed by atoms with van der Waals surface area (Å²) in [4.78, 5) is 11.4. The summed E-state index contributed by atoms with van der Waals surface area (Å²) in [5.41, 5.74) is 1.14. The first-order valence-corrected chi connectivity index (χ1v) is 10.7. The van der Waals surface area contributed by atoms with E-state index in [9.17, 15) is 8.42 Å². The molecule has 2 heterocycles. The van der Waals surface area contributed by atoms with E-state index in [2.05, 4.69) is 20.9 Å². The van der Waals surface area contributed by atoms with Gasteiger partial charge in [0.15, 0.2) is 5.16 Å². The average molecular weight is 342 g/mol. The van der Waals surface area contributed by atoms with Crippen molar-refractivity contribution in [2.24, 2.45) is 0 Å². The normalized spacial score (nSPS) is 20.9. The lowest BCUT2D eigenvalue weighted by Gasteiger charge is -2.34. The van der Waals surface area contributed by atoms with E-state index >= 15 is 0 Å². The molecule has 3 rings (SSSR count). The zero-order valence-electron chi connectivity index (χ0n) is 13.0. The van der Waals surface area contributed by atoms with Crippen LogP contribution in [0.5, 0.6) is 0 Å². The lowest BCUT2D eigenvalue weighted by atomic mass is 9.83. The number of rotatable bonds is 4. The van der Waals surface area contributed by atoms with E-state index < -0.39 is 10.0 Å². The number of sulfonamides is 1. The van der Waals surface area contributed by atoms with Gasteiger partial charge in [0.2, 0.25) is 10.0 Å². The van der Waals surface area contributed by atoms with Crippen LogP contribution in [0.3, 0.4) is 0 Å². The molecule has 2 aliphatic rings. The highest BCUT2D eigenvalue weighted by Gasteiger charge is 2.26. The molecule has 0 N–H and O–H groups in total. The molecule has 1 aromatic rings. The van der Waals surface area contributed by atoms with Gasteiger partial charge in [0, 0.05) is 38.2 Å². The summed E-state index contributed by atoms with van der Waals surface area (Å²) in [6, 6.07) is 2.10. The molecule has 22 heavy (non-hydrogen) atoms. The molecular formula is C14H22N4O2S2. The number of anilines is 1. The summed E-state index contributed by atoms with van der Waals surface area (Å²) < 4.78 is 24.7. The standard InChI is InChI=1S/C14H22N4O2S2/c1-21-14-15-12(11-4-3-5-11)10-13(16-14)17-6-8-18(9-7-17)22(2,19)20/h10-11H,3-9H2,1-2H3. The van der Waals surface area contributed by atoms with Crippen molar-refractivity contribution in [3.63, 3.8) is 0 Å². The zero-order valence-corrected chi connectivity index (χ0v) is 14.7. The Labute approximate surface area is 136 Å². The van der Waals surface area contributed by atoms with Gasteiger partial charge in [0.1, 0.15) is 5.82 Å². The van der Waals surface area contributed by atoms with Crippen LogP contribution in [0.2, 0.25) is 0 Å². The molecule has 2 fully saturated rings. The Morgan fingerprint density at radius 1 is 1.18 bits per heavy atom. The number of piperazine rings is 1. The maximum absolute atomic E-state index is 11.6. The SMILES string of the molecule is CSc1nc(C2CCC2)cc(N2CCN(S(C)(=O)=O)CC2)n1. The summed E-state index contributed by atoms with van der Waals surface area (Å²) in [6.45, 7) is 2.41. The van der Waals surface area contributed by atoms with E-state index in [4.69, 9.17) is 0 Å². The van der Waals surface area contributed by atoms with Crippen LogP contribution in [0.4, 0.5) is 5.82 Å². The van der Waals surface area contributed by atoms with Crippen molar-refractivity contribution >= 4 is 27.6 Å². The molecule has 122 valence electrons. The summed E-state index contributed by atoms with van der Waals surface area (Å²) >= 11 is 1.56. The highest BCUT2D eigenvalue weighted by molar-refractivity contribution is 7.98. The monoisotopic (exact) mass is 342 g/mol. The van der Waals surface area contributed by atoms with Crippen molar-refractivity contribution in [1.29, 1.82) is 0 Å². The lowest BCUT2D eigenvalue weighted by Crippen LogP contribution is -2.48. The van der Waals surface area contributed by atoms with E-state index in [0.717, 1.165) is 16.7 Å². The van der Waals surface area contributed by atoms with Crippen LogP contribution in [0, 0.1) is 0 Å². The second-order valence-electron chi connectivity index (χ2n) is 5.91. The Balaban J connectivity index is 1.77. The van der Waals surface area contributed by atoms with Crippen molar-refractivity contribution in [2.75, 3.05) is 43.6 Å². The van der Waals surface area contributed by atoms with Crippen LogP contribution in [0.25, 0.3) is 0 Å². The van der Waals surface area contributed by atoms with Gasteiger partial charge in [-0.05, 0) is 19.1 Å². The van der Waals surface area contributed by atoms with Crippen LogP contribution in [0.1, 0.15) is 30.9 Å². The van der Waals surface area contributed by atoms with Gasteiger partial charge in [-0.1, -0.05) is 18.2 Å². The van der Waals surface area contributed by atoms with Crippen LogP contribution in [-0.4, -0.2) is 61.4 Å². The Kier molecular flexibility index (Phi) is 4.61. The van der Waals surface area contributed by atoms with Crippen LogP contribution < -0.4 is 4.90 Å². The summed E-state index contributed by atoms with van der Waals surface area (Å²) in [5.74, 6) is 1.51. The molecule has 1 aromatic heterocycles. The van der Waals surface area contributed by atoms with Crippen LogP contribution in [0.15, 0.2) is 11.2 Å². The van der Waals surface area contributed by atoms with Gasteiger partial charge in [-0.25, -0.2) is 18.4 Å². The smallest absolute Gasteiger partial charge is 0.211 e. The van der Waals surface area contributed by atoms with Gasteiger partial charge in [-0.15, -0.1) is 0 Å². The maximum Gasteiger partial charge on any atom is 0.211 e. The molecule has 1 aliphatic carbocycles. The Bertz CT molecular complexity index is 638. The second kappa shape index (κ2) is 6.33. The van der Waals surface area contributed by atoms with Gasteiger partial charge in [0.25, 0.3) is 0 Å². The Morgan fingerprint density at radius 3 is 2.36 bits per heavy atom. The Hall–Kier alpha value is -0.860. The van der Waals surface area contributed by atoms with E-state index in [1.807, 2.05) is 6.26 Å². The minimum absolute atomic E-state index is 0.524. The molecule has 1 aliphatic heterocycles. The van der Waals surface area contributed by atoms with Crippen molar-refractivity contribution < 1.29 is 8.42 Å². The predicted octanol–water partition coefficient (Wildman–Crippen LogP) is 1.55. The molecule has 0 aromatic carbocycles. The predicted molar refractivity (Wildman–Crippen MR) is 89.0 cm³/mol. The highest BCUT2D eigenvalue weighted by Crippen LogP contribution is 2.37. The second-order valence-corrected chi connectivity index (χ2v) is 8.67. The summed E-state index contributed by atoms with van der Waals surface area (Å²) in [6.07, 6.45) is 6.98. The third kappa shape index (κ3) is 3.38. The highest BCUT2D eigenvalue weighted by atomic mass is 32.2. The number of aromatic nitrogens is 2. The van der Waals surface area contributed by atoms with Crippen molar-refractivity contribution in [3.05, 3.63) is 11.8 Å². The van der Waals surface area contributed by atoms with E-state index in [1.165, 1.54) is 29.8 Å². The van der Waals surface area contributed by atoms with Crippen LogP contribution >= 0.6 is 11.8 Å². The molecule has 8 heteroatoms. The third-order valence-electron chi connectivity index (χ3n) is 4.45. The molecule has 0 unspecified atom stereocenters. The zero-order chi connectivity index (χ0) is 15.7. The van der Waals surface area contributed by atoms with E-state index in [-0.39, 0.29) is 0 Å². The van der Waals surface area contributed by atoms with Crippen molar-refractivity contribution in [1.82, 2.24) is 14.3 Å². The molecule has 1 saturated heterocycles. The fourth-order valence-corrected chi connectivity index (χ4v) is 4.05. The van der Waals surface area contributed by atoms with Crippen molar-refractivity contribution in [3.8, 4) is 0 Å². The topological polar surface area (TPSA) is 66.4 Å². The number of hydrogen-bond donors (Lipinski definition) is 0. The summed E-state index contributed by atoms with van der Waals surface area (Å²) in [7, 11) is -3.09. The first-order chi connectivity index (χ1) is 10.5. The van der Waals surface area contributed by atoms with Crippen LogP contribution in [-0.2, 0) is 10.0 Å². The van der Waals surface area contributed by atoms with Crippen molar-refractivity contribution in [2.45, 2.75) is 30.3 Å².